The standard InChI is InChI=1S/C14H20F3N3O/c1-10(2)9-20-8-5-12(18-20)11-3-6-19(7-4-11)13(21)14(15,16)17/h5,8,10-11H,3-4,6-7,9H2,1-2H3. The first kappa shape index (κ1) is 15.9. The van der Waals surface area contributed by atoms with Crippen LogP contribution in [0.2, 0.25) is 0 Å². The van der Waals surface area contributed by atoms with Crippen molar-refractivity contribution in [1.29, 1.82) is 0 Å². The molecule has 21 heavy (non-hydrogen) atoms. The fourth-order valence-electron chi connectivity index (χ4n) is 2.63. The molecule has 1 amide bonds. The first-order valence-corrected chi connectivity index (χ1v) is 7.17. The number of nitrogens with zero attached hydrogens (tertiary/aromatic N) is 3. The van der Waals surface area contributed by atoms with Gasteiger partial charge in [0, 0.05) is 31.7 Å². The molecule has 0 unspecified atom stereocenters. The number of halogens is 3. The first-order valence-electron chi connectivity index (χ1n) is 7.17. The Hall–Kier alpha value is -1.53. The highest BCUT2D eigenvalue weighted by atomic mass is 19.4. The summed E-state index contributed by atoms with van der Waals surface area (Å²) in [6.07, 6.45) is -1.81. The molecule has 0 aliphatic carbocycles. The van der Waals surface area contributed by atoms with Crippen molar-refractivity contribution in [3.8, 4) is 0 Å². The van der Waals surface area contributed by atoms with Crippen molar-refractivity contribution in [2.45, 2.75) is 45.3 Å². The summed E-state index contributed by atoms with van der Waals surface area (Å²) in [5.74, 6) is -1.11. The minimum atomic E-state index is -4.77. The topological polar surface area (TPSA) is 38.1 Å². The van der Waals surface area contributed by atoms with Crippen molar-refractivity contribution in [2.75, 3.05) is 13.1 Å². The summed E-state index contributed by atoms with van der Waals surface area (Å²) in [5, 5.41) is 4.48. The largest absolute Gasteiger partial charge is 0.471 e. The van der Waals surface area contributed by atoms with Crippen molar-refractivity contribution in [3.63, 3.8) is 0 Å². The van der Waals surface area contributed by atoms with E-state index in [9.17, 15) is 18.0 Å². The van der Waals surface area contributed by atoms with E-state index in [2.05, 4.69) is 18.9 Å². The smallest absolute Gasteiger partial charge is 0.335 e. The minimum Gasteiger partial charge on any atom is -0.335 e. The zero-order valence-electron chi connectivity index (χ0n) is 12.2. The maximum atomic E-state index is 12.4. The lowest BCUT2D eigenvalue weighted by atomic mass is 9.93. The van der Waals surface area contributed by atoms with Crippen molar-refractivity contribution < 1.29 is 18.0 Å². The van der Waals surface area contributed by atoms with Crippen LogP contribution < -0.4 is 0 Å². The van der Waals surface area contributed by atoms with Crippen LogP contribution in [0.5, 0.6) is 0 Å². The summed E-state index contributed by atoms with van der Waals surface area (Å²) in [6, 6.07) is 1.92. The van der Waals surface area contributed by atoms with Crippen LogP contribution in [0.4, 0.5) is 13.2 Å². The molecule has 2 heterocycles. The molecule has 7 heteroatoms. The second kappa shape index (κ2) is 6.07. The number of carbonyl (C=O) groups excluding carboxylic acids is 1. The fraction of sp³-hybridized carbons (Fsp3) is 0.714. The molecule has 1 fully saturated rings. The second-order valence-corrected chi connectivity index (χ2v) is 5.92. The van der Waals surface area contributed by atoms with Gasteiger partial charge in [-0.25, -0.2) is 0 Å². The maximum Gasteiger partial charge on any atom is 0.471 e. The van der Waals surface area contributed by atoms with Crippen LogP contribution in [0, 0.1) is 5.92 Å². The zero-order valence-corrected chi connectivity index (χ0v) is 12.2. The Labute approximate surface area is 121 Å². The van der Waals surface area contributed by atoms with E-state index < -0.39 is 12.1 Å². The number of carbonyl (C=O) groups is 1. The summed E-state index contributed by atoms with van der Waals surface area (Å²) >= 11 is 0. The number of piperidine rings is 1. The van der Waals surface area contributed by atoms with Crippen LogP contribution in [0.15, 0.2) is 12.3 Å². The van der Waals surface area contributed by atoms with E-state index in [1.165, 1.54) is 0 Å². The second-order valence-electron chi connectivity index (χ2n) is 5.92. The van der Waals surface area contributed by atoms with Crippen LogP contribution >= 0.6 is 0 Å². The lowest BCUT2D eigenvalue weighted by molar-refractivity contribution is -0.186. The number of hydrogen-bond donors (Lipinski definition) is 0. The maximum absolute atomic E-state index is 12.4. The van der Waals surface area contributed by atoms with Crippen LogP contribution in [0.1, 0.15) is 38.3 Å². The number of rotatable bonds is 3. The summed E-state index contributed by atoms with van der Waals surface area (Å²) < 4.78 is 39.0. The SMILES string of the molecule is CC(C)Cn1ccc(C2CCN(C(=O)C(F)(F)F)CC2)n1. The molecular weight excluding hydrogens is 283 g/mol. The van der Waals surface area contributed by atoms with E-state index >= 15 is 0 Å². The quantitative estimate of drug-likeness (QED) is 0.861. The van der Waals surface area contributed by atoms with Gasteiger partial charge in [-0.15, -0.1) is 0 Å². The highest BCUT2D eigenvalue weighted by Gasteiger charge is 2.43. The third-order valence-corrected chi connectivity index (χ3v) is 3.66. The first-order chi connectivity index (χ1) is 9.77. The van der Waals surface area contributed by atoms with Crippen LogP contribution in [0.3, 0.4) is 0 Å². The molecule has 0 bridgehead atoms. The van der Waals surface area contributed by atoms with Crippen molar-refractivity contribution in [3.05, 3.63) is 18.0 Å². The van der Waals surface area contributed by atoms with E-state index in [1.807, 2.05) is 16.9 Å². The molecule has 2 rings (SSSR count). The van der Waals surface area contributed by atoms with Crippen molar-refractivity contribution in [2.24, 2.45) is 5.92 Å². The Morgan fingerprint density at radius 3 is 2.52 bits per heavy atom. The molecule has 0 aromatic carbocycles. The summed E-state index contributed by atoms with van der Waals surface area (Å²) in [7, 11) is 0. The molecule has 0 radical (unpaired) electrons. The Morgan fingerprint density at radius 1 is 1.38 bits per heavy atom. The van der Waals surface area contributed by atoms with E-state index in [0.717, 1.165) is 17.1 Å². The van der Waals surface area contributed by atoms with Gasteiger partial charge in [-0.3, -0.25) is 9.48 Å². The van der Waals surface area contributed by atoms with E-state index in [0.29, 0.717) is 18.8 Å². The molecule has 1 aliphatic heterocycles. The molecule has 4 nitrogen and oxygen atoms in total. The number of aromatic nitrogens is 2. The summed E-state index contributed by atoms with van der Waals surface area (Å²) in [4.78, 5) is 12.1. The average Bonchev–Trinajstić information content (AvgIpc) is 2.84. The van der Waals surface area contributed by atoms with Crippen LogP contribution in [-0.2, 0) is 11.3 Å². The molecule has 0 N–H and O–H groups in total. The number of likely N-dealkylation sites (tertiary alicyclic amines) is 1. The van der Waals surface area contributed by atoms with Crippen molar-refractivity contribution in [1.82, 2.24) is 14.7 Å². The van der Waals surface area contributed by atoms with Gasteiger partial charge in [-0.1, -0.05) is 13.8 Å². The van der Waals surface area contributed by atoms with Crippen molar-refractivity contribution >= 4 is 5.91 Å². The van der Waals surface area contributed by atoms with Gasteiger partial charge in [-0.2, -0.15) is 18.3 Å². The number of hydrogen-bond acceptors (Lipinski definition) is 2. The minimum absolute atomic E-state index is 0.135. The summed E-state index contributed by atoms with van der Waals surface area (Å²) in [6.45, 7) is 5.30. The average molecular weight is 303 g/mol. The molecule has 1 saturated heterocycles. The number of alkyl halides is 3. The third kappa shape index (κ3) is 3.98. The van der Waals surface area contributed by atoms with E-state index in [4.69, 9.17) is 0 Å². The molecule has 0 spiro atoms. The summed E-state index contributed by atoms with van der Waals surface area (Å²) in [5.41, 5.74) is 0.912. The predicted molar refractivity (Wildman–Crippen MR) is 71.7 cm³/mol. The molecular formula is C14H20F3N3O. The van der Waals surface area contributed by atoms with E-state index in [1.54, 1.807) is 0 Å². The van der Waals surface area contributed by atoms with E-state index in [-0.39, 0.29) is 19.0 Å². The Morgan fingerprint density at radius 2 is 2.00 bits per heavy atom. The van der Waals surface area contributed by atoms with Gasteiger partial charge in [0.2, 0.25) is 0 Å². The highest BCUT2D eigenvalue weighted by molar-refractivity contribution is 5.81. The Balaban J connectivity index is 1.92. The molecule has 0 atom stereocenters. The normalized spacial score (nSPS) is 17.5. The lowest BCUT2D eigenvalue weighted by Gasteiger charge is -2.31. The van der Waals surface area contributed by atoms with Gasteiger partial charge in [0.15, 0.2) is 0 Å². The molecule has 1 aromatic heterocycles. The third-order valence-electron chi connectivity index (χ3n) is 3.66. The van der Waals surface area contributed by atoms with Crippen LogP contribution in [0.25, 0.3) is 0 Å². The molecule has 1 aromatic rings. The monoisotopic (exact) mass is 303 g/mol. The predicted octanol–water partition coefficient (Wildman–Crippen LogP) is 2.81. The fourth-order valence-corrected chi connectivity index (χ4v) is 2.63. The molecule has 118 valence electrons. The van der Waals surface area contributed by atoms with Gasteiger partial charge in [0.05, 0.1) is 5.69 Å². The van der Waals surface area contributed by atoms with Gasteiger partial charge < -0.3 is 4.90 Å². The van der Waals surface area contributed by atoms with Gasteiger partial charge in [0.1, 0.15) is 0 Å². The lowest BCUT2D eigenvalue weighted by Crippen LogP contribution is -2.45. The Kier molecular flexibility index (Phi) is 4.58. The Bertz CT molecular complexity index is 488. The molecule has 0 saturated carbocycles. The van der Waals surface area contributed by atoms with Crippen LogP contribution in [-0.4, -0.2) is 39.9 Å². The zero-order chi connectivity index (χ0) is 15.6. The van der Waals surface area contributed by atoms with Gasteiger partial charge in [0.25, 0.3) is 0 Å². The van der Waals surface area contributed by atoms with Gasteiger partial charge in [-0.05, 0) is 24.8 Å². The molecule has 1 aliphatic rings. The van der Waals surface area contributed by atoms with Gasteiger partial charge >= 0.3 is 12.1 Å². The highest BCUT2D eigenvalue weighted by Crippen LogP contribution is 2.29. The number of amides is 1.